The number of fused-ring (bicyclic) bond motifs is 1. The van der Waals surface area contributed by atoms with E-state index in [1.807, 2.05) is 32.8 Å². The molecule has 4 fully saturated rings. The highest BCUT2D eigenvalue weighted by Gasteiger charge is 2.55. The number of carbonyl (C=O) groups is 4. The Hall–Kier alpha value is -4.28. The van der Waals surface area contributed by atoms with E-state index in [0.29, 0.717) is 25.1 Å². The van der Waals surface area contributed by atoms with Crippen LogP contribution < -0.4 is 16.1 Å². The molecule has 1 aliphatic carbocycles. The molecule has 3 aliphatic heterocycles. The predicted octanol–water partition coefficient (Wildman–Crippen LogP) is 4.60. The third-order valence-electron chi connectivity index (χ3n) is 17.6. The fourth-order valence-corrected chi connectivity index (χ4v) is 12.3. The number of halogens is 1. The van der Waals surface area contributed by atoms with Gasteiger partial charge in [0.25, 0.3) is 0 Å². The summed E-state index contributed by atoms with van der Waals surface area (Å²) in [6, 6.07) is 2.31. The molecule has 1 aromatic carbocycles. The molecule has 18 atom stereocenters. The van der Waals surface area contributed by atoms with Crippen molar-refractivity contribution in [1.82, 2.24) is 14.8 Å². The van der Waals surface area contributed by atoms with Crippen molar-refractivity contribution in [2.24, 2.45) is 23.7 Å². The Labute approximate surface area is 492 Å². The first-order chi connectivity index (χ1) is 39.5. The number of hydrogen-bond donors (Lipinski definition) is 6. The van der Waals surface area contributed by atoms with Crippen LogP contribution in [0.3, 0.4) is 0 Å². The molecule has 0 spiro atoms. The summed E-state index contributed by atoms with van der Waals surface area (Å²) in [5.74, 6) is -7.42. The van der Waals surface area contributed by atoms with Crippen molar-refractivity contribution >= 4 is 40.3 Å². The zero-order valence-electron chi connectivity index (χ0n) is 51.6. The van der Waals surface area contributed by atoms with Gasteiger partial charge in [0.1, 0.15) is 40.6 Å². The zero-order chi connectivity index (χ0) is 62.2. The Morgan fingerprint density at radius 3 is 2.11 bits per heavy atom. The molecule has 23 nitrogen and oxygen atoms in total. The van der Waals surface area contributed by atoms with Crippen LogP contribution in [0, 0.1) is 29.5 Å². The van der Waals surface area contributed by atoms with Gasteiger partial charge in [-0.25, -0.2) is 9.18 Å². The highest BCUT2D eigenvalue weighted by atomic mass is 19.1. The van der Waals surface area contributed by atoms with E-state index >= 15 is 4.39 Å². The Balaban J connectivity index is 1.05. The van der Waals surface area contributed by atoms with Gasteiger partial charge in [0, 0.05) is 81.7 Å². The van der Waals surface area contributed by atoms with E-state index in [4.69, 9.17) is 47.4 Å². The van der Waals surface area contributed by atoms with Gasteiger partial charge in [-0.1, -0.05) is 27.7 Å². The van der Waals surface area contributed by atoms with Crippen LogP contribution in [0.15, 0.2) is 23.1 Å². The van der Waals surface area contributed by atoms with E-state index in [1.54, 1.807) is 46.1 Å². The van der Waals surface area contributed by atoms with E-state index in [-0.39, 0.29) is 93.6 Å². The van der Waals surface area contributed by atoms with Crippen LogP contribution in [0.5, 0.6) is 0 Å². The van der Waals surface area contributed by atoms with Crippen LogP contribution in [0.4, 0.5) is 10.1 Å². The van der Waals surface area contributed by atoms with Crippen LogP contribution >= 0.6 is 0 Å². The maximum Gasteiger partial charge on any atom is 0.341 e. The Bertz CT molecular complexity index is 2600. The minimum atomic E-state index is -2.04. The lowest BCUT2D eigenvalue weighted by Gasteiger charge is -2.50. The summed E-state index contributed by atoms with van der Waals surface area (Å²) in [5.41, 5.74) is -5.03. The van der Waals surface area contributed by atoms with Gasteiger partial charge in [0.15, 0.2) is 18.7 Å². The summed E-state index contributed by atoms with van der Waals surface area (Å²) in [5, 5.41) is 51.0. The molecule has 0 radical (unpaired) electrons. The topological polar surface area (TPSA) is 291 Å². The molecule has 24 heteroatoms. The number of carboxylic acid groups (broad SMARTS) is 1. The van der Waals surface area contributed by atoms with Crippen LogP contribution in [0.25, 0.3) is 10.9 Å². The van der Waals surface area contributed by atoms with Crippen LogP contribution in [-0.2, 0) is 61.8 Å². The number of rotatable bonds is 24. The lowest BCUT2D eigenvalue weighted by Crippen LogP contribution is -2.61. The first kappa shape index (κ1) is 68.8. The van der Waals surface area contributed by atoms with Gasteiger partial charge < -0.3 is 87.9 Å². The molecular formula is C60H95FN4O19. The molecule has 6 rings (SSSR count). The highest BCUT2D eigenvalue weighted by Crippen LogP contribution is 2.43. The molecule has 4 aliphatic rings. The highest BCUT2D eigenvalue weighted by molar-refractivity contribution is 5.93. The molecule has 1 aromatic heterocycles. The molecule has 84 heavy (non-hydrogen) atoms. The number of aromatic carboxylic acids is 1. The lowest BCUT2D eigenvalue weighted by molar-refractivity contribution is -0.320. The summed E-state index contributed by atoms with van der Waals surface area (Å²) >= 11 is 0. The van der Waals surface area contributed by atoms with E-state index in [1.165, 1.54) is 40.3 Å². The monoisotopic (exact) mass is 1190 g/mol. The number of nitrogens with zero attached hydrogens (tertiary/aromatic N) is 2. The Morgan fingerprint density at radius 2 is 1.50 bits per heavy atom. The van der Waals surface area contributed by atoms with Gasteiger partial charge in [-0.3, -0.25) is 19.2 Å². The average Bonchev–Trinajstić information content (AvgIpc) is 3.20. The van der Waals surface area contributed by atoms with Crippen LogP contribution in [0.2, 0.25) is 0 Å². The fraction of sp³-hybridized carbons (Fsp3) is 0.783. The van der Waals surface area contributed by atoms with Gasteiger partial charge in [0.2, 0.25) is 5.43 Å². The molecule has 0 bridgehead atoms. The number of carboxylic acids is 1. The lowest BCUT2D eigenvalue weighted by atomic mass is 9.74. The molecule has 0 unspecified atom stereocenters. The number of pyridine rings is 1. The standard InChI is InChI=1S/C60H95FN4O19/c1-15-45-60(10,74)52(70)34(4)48(67)32(2)29-58(8,75-13)53(84-57-50(69)44(64(11)12)26-33(3)79-57)35(5)51(36(6)56(73)81-45)83-47-30-59(9,76-14)54(37(7)80-47)82-46(66)18-19-62-20-22-77-24-25-78-23-21-63-42-28-43-39(27-41(42)61)49(68)40(55(71)72)31-65(43)38-16-17-38/h27-28,31-38,44-45,47,50-54,57,62-63,69-70,74H,15-26,29-30H2,1-14H3,(H,71,72)/t32-,33-,34+,35+,36-,37+,44+,45-,47+,50-,51+,52-,53-,54+,57+,58-,59-,60-/m1/s1. The number of anilines is 1. The number of aliphatic hydroxyl groups excluding tert-OH is 2. The second-order valence-electron chi connectivity index (χ2n) is 24.4. The number of ether oxygens (including phenoxy) is 10. The number of ketones is 1. The molecule has 4 heterocycles. The molecular weight excluding hydrogens is 1100 g/mol. The zero-order valence-corrected chi connectivity index (χ0v) is 51.6. The first-order valence-corrected chi connectivity index (χ1v) is 29.7. The number of aliphatic hydroxyl groups is 3. The summed E-state index contributed by atoms with van der Waals surface area (Å²) < 4.78 is 79.3. The van der Waals surface area contributed by atoms with Crippen molar-refractivity contribution in [3.8, 4) is 0 Å². The maximum atomic E-state index is 15.0. The number of cyclic esters (lactones) is 1. The third kappa shape index (κ3) is 16.3. The number of hydrogen-bond acceptors (Lipinski definition) is 21. The largest absolute Gasteiger partial charge is 0.477 e. The third-order valence-corrected chi connectivity index (χ3v) is 17.6. The Morgan fingerprint density at radius 1 is 0.857 bits per heavy atom. The molecule has 6 N–H and O–H groups in total. The van der Waals surface area contributed by atoms with E-state index in [2.05, 4.69) is 10.6 Å². The van der Waals surface area contributed by atoms with Crippen molar-refractivity contribution in [1.29, 1.82) is 0 Å². The van der Waals surface area contributed by atoms with E-state index < -0.39 is 130 Å². The normalized spacial score (nSPS) is 35.6. The van der Waals surface area contributed by atoms with E-state index in [0.717, 1.165) is 18.9 Å². The van der Waals surface area contributed by atoms with Crippen molar-refractivity contribution in [3.63, 3.8) is 0 Å². The first-order valence-electron chi connectivity index (χ1n) is 29.7. The number of methoxy groups -OCH3 is 2. The van der Waals surface area contributed by atoms with Crippen molar-refractivity contribution in [3.05, 3.63) is 39.9 Å². The smallest absolute Gasteiger partial charge is 0.341 e. The second-order valence-corrected chi connectivity index (χ2v) is 24.4. The number of Topliss-reactive ketones (excluding diaryl/α,β-unsaturated/α-hetero) is 1. The van der Waals surface area contributed by atoms with Crippen LogP contribution in [0.1, 0.15) is 131 Å². The number of esters is 2. The molecule has 3 saturated heterocycles. The van der Waals surface area contributed by atoms with Crippen molar-refractivity contribution < 1.29 is 91.4 Å². The van der Waals surface area contributed by atoms with Gasteiger partial charge in [0.05, 0.1) is 86.1 Å². The number of nitrogens with one attached hydrogen (secondary N) is 2. The minimum absolute atomic E-state index is 0.0109. The minimum Gasteiger partial charge on any atom is -0.477 e. The number of likely N-dealkylation sites (N-methyl/N-ethyl adjacent to an activating group) is 1. The number of carbonyl (C=O) groups excluding carboxylic acids is 3. The quantitative estimate of drug-likeness (QED) is 0.0618. The number of benzene rings is 1. The summed E-state index contributed by atoms with van der Waals surface area (Å²) in [6.07, 6.45) is -6.68. The van der Waals surface area contributed by atoms with Gasteiger partial charge in [-0.2, -0.15) is 0 Å². The Kier molecular flexibility index (Phi) is 24.3. The van der Waals surface area contributed by atoms with Crippen molar-refractivity contribution in [2.45, 2.75) is 204 Å². The van der Waals surface area contributed by atoms with Gasteiger partial charge >= 0.3 is 17.9 Å². The molecule has 1 saturated carbocycles. The average molecular weight is 1200 g/mol. The summed E-state index contributed by atoms with van der Waals surface area (Å²) in [4.78, 5) is 68.6. The van der Waals surface area contributed by atoms with Gasteiger partial charge in [-0.15, -0.1) is 0 Å². The fourth-order valence-electron chi connectivity index (χ4n) is 12.3. The molecule has 0 amide bonds. The molecule has 476 valence electrons. The van der Waals surface area contributed by atoms with Crippen molar-refractivity contribution in [2.75, 3.05) is 79.7 Å². The summed E-state index contributed by atoms with van der Waals surface area (Å²) in [7, 11) is 6.70. The summed E-state index contributed by atoms with van der Waals surface area (Å²) in [6.45, 7) is 19.0. The van der Waals surface area contributed by atoms with E-state index in [9.17, 15) is 44.4 Å². The number of aromatic nitrogens is 1. The SMILES string of the molecule is CC[C@H]1OC(=O)[C@H](C)[C@@H](O[C@H]2C[C@@](C)(OC)[C@@H](OC(=O)CCNCCOCCOCCNc3cc4c(cc3F)c(=O)c(C(=O)O)cn4C3CC3)[C@H](C)O2)[C@H](C)[C@@H](O[C@@H]2O[C@H](C)C[C@H](N(C)C)[C@H]2O)[C@](C)(OC)C[C@@H](C)C(=O)[C@H](C)[C@@H](O)[C@]1(C)O. The van der Waals surface area contributed by atoms with Crippen LogP contribution in [-0.4, -0.2) is 212 Å². The maximum absolute atomic E-state index is 15.0. The molecule has 2 aromatic rings. The van der Waals surface area contributed by atoms with Gasteiger partial charge in [-0.05, 0) is 99.9 Å². The predicted molar refractivity (Wildman–Crippen MR) is 306 cm³/mol. The second kappa shape index (κ2) is 29.6.